The summed E-state index contributed by atoms with van der Waals surface area (Å²) in [7, 11) is 0. The Labute approximate surface area is 73.6 Å². The summed E-state index contributed by atoms with van der Waals surface area (Å²) in [5, 5.41) is 3.23. The van der Waals surface area contributed by atoms with Gasteiger partial charge in [-0.15, -0.1) is 0 Å². The Bertz CT molecular complexity index is 217. The largest absolute Gasteiger partial charge is 0.345 e. The minimum atomic E-state index is 0.847. The molecule has 0 saturated heterocycles. The van der Waals surface area contributed by atoms with Crippen LogP contribution in [0.5, 0.6) is 0 Å². The molecule has 0 aliphatic carbocycles. The summed E-state index contributed by atoms with van der Waals surface area (Å²) in [5.74, 6) is 1.04. The first-order valence-electron chi connectivity index (χ1n) is 4.60. The van der Waals surface area contributed by atoms with E-state index in [1.54, 1.807) is 0 Å². The molecule has 0 fully saturated rings. The molecule has 2 N–H and O–H groups in total. The molecule has 0 aliphatic rings. The molecular weight excluding hydrogens is 150 g/mol. The Morgan fingerprint density at radius 3 is 3.00 bits per heavy atom. The first-order chi connectivity index (χ1) is 5.86. The summed E-state index contributed by atoms with van der Waals surface area (Å²) in [6.07, 6.45) is 4.19. The van der Waals surface area contributed by atoms with E-state index in [9.17, 15) is 0 Å². The fourth-order valence-corrected chi connectivity index (χ4v) is 1.14. The zero-order valence-electron chi connectivity index (χ0n) is 7.85. The third kappa shape index (κ3) is 2.66. The van der Waals surface area contributed by atoms with Crippen molar-refractivity contribution in [2.45, 2.75) is 33.2 Å². The highest BCUT2D eigenvalue weighted by molar-refractivity contribution is 5.00. The summed E-state index contributed by atoms with van der Waals surface area (Å²) in [4.78, 5) is 7.53. The number of hydrogen-bond acceptors (Lipinski definition) is 2. The number of nitrogens with one attached hydrogen (secondary N) is 2. The van der Waals surface area contributed by atoms with Crippen molar-refractivity contribution >= 4 is 0 Å². The molecular formula is C9H17N3. The van der Waals surface area contributed by atoms with E-state index >= 15 is 0 Å². The van der Waals surface area contributed by atoms with Crippen LogP contribution in [0.2, 0.25) is 0 Å². The van der Waals surface area contributed by atoms with E-state index in [1.165, 1.54) is 12.1 Å². The molecule has 1 aromatic rings. The lowest BCUT2D eigenvalue weighted by Gasteiger charge is -1.96. The van der Waals surface area contributed by atoms with Crippen LogP contribution >= 0.6 is 0 Å². The van der Waals surface area contributed by atoms with Crippen LogP contribution < -0.4 is 5.32 Å². The Kier molecular flexibility index (Phi) is 3.80. The molecule has 3 nitrogen and oxygen atoms in total. The van der Waals surface area contributed by atoms with Gasteiger partial charge in [-0.3, -0.25) is 0 Å². The number of hydrogen-bond donors (Lipinski definition) is 2. The maximum atomic E-state index is 4.25. The summed E-state index contributed by atoms with van der Waals surface area (Å²) < 4.78 is 0. The average molecular weight is 167 g/mol. The van der Waals surface area contributed by atoms with E-state index < -0.39 is 0 Å². The number of rotatable bonds is 5. The van der Waals surface area contributed by atoms with E-state index in [1.807, 2.05) is 6.20 Å². The van der Waals surface area contributed by atoms with Gasteiger partial charge in [0, 0.05) is 11.9 Å². The number of nitrogens with zero attached hydrogens (tertiary/aromatic N) is 1. The first kappa shape index (κ1) is 9.26. The van der Waals surface area contributed by atoms with Gasteiger partial charge in [-0.1, -0.05) is 20.3 Å². The van der Waals surface area contributed by atoms with Crippen LogP contribution in [0, 0.1) is 0 Å². The Morgan fingerprint density at radius 1 is 1.50 bits per heavy atom. The second-order valence-electron chi connectivity index (χ2n) is 2.89. The van der Waals surface area contributed by atoms with E-state index in [4.69, 9.17) is 0 Å². The van der Waals surface area contributed by atoms with Gasteiger partial charge in [0.05, 0.1) is 6.54 Å². The third-order valence-corrected chi connectivity index (χ3v) is 1.74. The molecule has 0 atom stereocenters. The molecule has 0 unspecified atom stereocenters. The maximum absolute atomic E-state index is 4.25. The van der Waals surface area contributed by atoms with Gasteiger partial charge in [-0.2, -0.15) is 0 Å². The molecule has 12 heavy (non-hydrogen) atoms. The van der Waals surface area contributed by atoms with Gasteiger partial charge in [-0.05, 0) is 13.0 Å². The van der Waals surface area contributed by atoms with E-state index in [2.05, 4.69) is 29.1 Å². The molecule has 0 amide bonds. The van der Waals surface area contributed by atoms with Crippen molar-refractivity contribution in [1.29, 1.82) is 0 Å². The van der Waals surface area contributed by atoms with Gasteiger partial charge in [0.25, 0.3) is 0 Å². The second kappa shape index (κ2) is 4.93. The van der Waals surface area contributed by atoms with E-state index in [-0.39, 0.29) is 0 Å². The highest BCUT2D eigenvalue weighted by atomic mass is 15.0. The number of imidazole rings is 1. The minimum Gasteiger partial charge on any atom is -0.345 e. The van der Waals surface area contributed by atoms with Crippen LogP contribution in [-0.4, -0.2) is 16.5 Å². The first-order valence-corrected chi connectivity index (χ1v) is 4.60. The normalized spacial score (nSPS) is 10.5. The van der Waals surface area contributed by atoms with E-state index in [0.29, 0.717) is 0 Å². The molecule has 1 heterocycles. The van der Waals surface area contributed by atoms with Gasteiger partial charge in [-0.25, -0.2) is 4.98 Å². The van der Waals surface area contributed by atoms with Crippen LogP contribution in [-0.2, 0) is 13.0 Å². The third-order valence-electron chi connectivity index (χ3n) is 1.74. The maximum Gasteiger partial charge on any atom is 0.120 e. The van der Waals surface area contributed by atoms with E-state index in [0.717, 1.165) is 25.3 Å². The predicted molar refractivity (Wildman–Crippen MR) is 50.0 cm³/mol. The lowest BCUT2D eigenvalue weighted by molar-refractivity contribution is 0.695. The molecule has 0 bridgehead atoms. The van der Waals surface area contributed by atoms with Crippen LogP contribution in [0.3, 0.4) is 0 Å². The van der Waals surface area contributed by atoms with Crippen molar-refractivity contribution in [3.8, 4) is 0 Å². The molecule has 1 rings (SSSR count). The zero-order chi connectivity index (χ0) is 8.81. The Morgan fingerprint density at radius 2 is 2.33 bits per heavy atom. The van der Waals surface area contributed by atoms with Gasteiger partial charge < -0.3 is 10.3 Å². The molecule has 0 saturated carbocycles. The summed E-state index contributed by atoms with van der Waals surface area (Å²) in [6.45, 7) is 6.10. The quantitative estimate of drug-likeness (QED) is 0.697. The SMILES string of the molecule is CCCc1cnc(CNCC)[nH]1. The standard InChI is InChI=1S/C9H17N3/c1-3-5-8-6-11-9(12-8)7-10-4-2/h6,10H,3-5,7H2,1-2H3,(H,11,12). The molecule has 0 spiro atoms. The second-order valence-corrected chi connectivity index (χ2v) is 2.89. The summed E-state index contributed by atoms with van der Waals surface area (Å²) in [5.41, 5.74) is 1.24. The lowest BCUT2D eigenvalue weighted by Crippen LogP contribution is -2.12. The number of aromatic amines is 1. The molecule has 3 heteroatoms. The minimum absolute atomic E-state index is 0.847. The number of aryl methyl sites for hydroxylation is 1. The van der Waals surface area contributed by atoms with Crippen LogP contribution in [0.4, 0.5) is 0 Å². The predicted octanol–water partition coefficient (Wildman–Crippen LogP) is 1.47. The number of H-pyrrole nitrogens is 1. The molecule has 1 aromatic heterocycles. The topological polar surface area (TPSA) is 40.7 Å². The van der Waals surface area contributed by atoms with Crippen molar-refractivity contribution < 1.29 is 0 Å². The van der Waals surface area contributed by atoms with Gasteiger partial charge in [0.1, 0.15) is 5.82 Å². The molecule has 0 aliphatic heterocycles. The van der Waals surface area contributed by atoms with Crippen LogP contribution in [0.15, 0.2) is 6.20 Å². The van der Waals surface area contributed by atoms with Crippen molar-refractivity contribution in [2.75, 3.05) is 6.54 Å². The summed E-state index contributed by atoms with van der Waals surface area (Å²) in [6, 6.07) is 0. The van der Waals surface area contributed by atoms with Crippen molar-refractivity contribution in [3.63, 3.8) is 0 Å². The fraction of sp³-hybridized carbons (Fsp3) is 0.667. The summed E-state index contributed by atoms with van der Waals surface area (Å²) >= 11 is 0. The van der Waals surface area contributed by atoms with Crippen molar-refractivity contribution in [2.24, 2.45) is 0 Å². The van der Waals surface area contributed by atoms with Crippen LogP contribution in [0.1, 0.15) is 31.8 Å². The molecule has 68 valence electrons. The monoisotopic (exact) mass is 167 g/mol. The lowest BCUT2D eigenvalue weighted by atomic mass is 10.3. The Hall–Kier alpha value is -0.830. The van der Waals surface area contributed by atoms with Gasteiger partial charge in [0.2, 0.25) is 0 Å². The zero-order valence-corrected chi connectivity index (χ0v) is 7.85. The average Bonchev–Trinajstić information content (AvgIpc) is 2.50. The molecule has 0 aromatic carbocycles. The van der Waals surface area contributed by atoms with Gasteiger partial charge in [0.15, 0.2) is 0 Å². The smallest absolute Gasteiger partial charge is 0.120 e. The number of aromatic nitrogens is 2. The highest BCUT2D eigenvalue weighted by Gasteiger charge is 1.97. The van der Waals surface area contributed by atoms with Crippen molar-refractivity contribution in [3.05, 3.63) is 17.7 Å². The van der Waals surface area contributed by atoms with Crippen molar-refractivity contribution in [1.82, 2.24) is 15.3 Å². The fourth-order valence-electron chi connectivity index (χ4n) is 1.14. The Balaban J connectivity index is 2.41. The van der Waals surface area contributed by atoms with Gasteiger partial charge >= 0.3 is 0 Å². The van der Waals surface area contributed by atoms with Crippen LogP contribution in [0.25, 0.3) is 0 Å². The highest BCUT2D eigenvalue weighted by Crippen LogP contribution is 1.99. The molecule has 0 radical (unpaired) electrons.